The van der Waals surface area contributed by atoms with Crippen LogP contribution in [0.25, 0.3) is 0 Å². The Kier molecular flexibility index (Phi) is 9.48. The number of nitriles is 1. The Morgan fingerprint density at radius 2 is 1.69 bits per heavy atom. The number of benzene rings is 2. The second-order valence-electron chi connectivity index (χ2n) is 6.66. The molecule has 2 aromatic rings. The van der Waals surface area contributed by atoms with Gasteiger partial charge < -0.3 is 15.4 Å². The van der Waals surface area contributed by atoms with Crippen molar-refractivity contribution < 1.29 is 17.9 Å². The highest BCUT2D eigenvalue weighted by Crippen LogP contribution is 2.30. The van der Waals surface area contributed by atoms with Crippen molar-refractivity contribution in [1.82, 2.24) is 5.32 Å². The molecular weight excluding hydrogens is 379 g/mol. The van der Waals surface area contributed by atoms with Gasteiger partial charge in [-0.15, -0.1) is 0 Å². The van der Waals surface area contributed by atoms with E-state index in [2.05, 4.69) is 10.6 Å². The molecule has 0 aromatic heterocycles. The maximum absolute atomic E-state index is 13.0. The third-order valence-electron chi connectivity index (χ3n) is 4.23. The highest BCUT2D eigenvalue weighted by Gasteiger charge is 2.31. The average molecular weight is 405 g/mol. The lowest BCUT2D eigenvalue weighted by Crippen LogP contribution is -2.17. The molecule has 0 fully saturated rings. The molecule has 156 valence electrons. The van der Waals surface area contributed by atoms with E-state index in [0.29, 0.717) is 37.4 Å². The number of halogens is 3. The Morgan fingerprint density at radius 3 is 2.41 bits per heavy atom. The first-order chi connectivity index (χ1) is 14.0. The van der Waals surface area contributed by atoms with Crippen LogP contribution in [0, 0.1) is 11.3 Å². The summed E-state index contributed by atoms with van der Waals surface area (Å²) in [6.07, 6.45) is -2.70. The van der Waals surface area contributed by atoms with Crippen LogP contribution in [0.4, 0.5) is 18.9 Å². The fourth-order valence-electron chi connectivity index (χ4n) is 2.83. The summed E-state index contributed by atoms with van der Waals surface area (Å²) in [7, 11) is 0. The molecule has 0 atom stereocenters. The Hall–Kier alpha value is -2.56. The smallest absolute Gasteiger partial charge is 0.383 e. The average Bonchev–Trinajstić information content (AvgIpc) is 2.69. The van der Waals surface area contributed by atoms with E-state index >= 15 is 0 Å². The molecule has 2 N–H and O–H groups in total. The highest BCUT2D eigenvalue weighted by atomic mass is 19.4. The minimum Gasteiger partial charge on any atom is -0.383 e. The summed E-state index contributed by atoms with van der Waals surface area (Å²) >= 11 is 0. The van der Waals surface area contributed by atoms with Crippen LogP contribution in [-0.2, 0) is 23.9 Å². The Balaban J connectivity index is 1.59. The molecule has 0 unspecified atom stereocenters. The molecule has 2 rings (SSSR count). The van der Waals surface area contributed by atoms with E-state index in [0.717, 1.165) is 37.2 Å². The molecule has 7 heteroatoms. The summed E-state index contributed by atoms with van der Waals surface area (Å²) in [5.74, 6) is 0. The zero-order valence-electron chi connectivity index (χ0n) is 16.3. The van der Waals surface area contributed by atoms with Crippen LogP contribution < -0.4 is 10.6 Å². The van der Waals surface area contributed by atoms with Gasteiger partial charge in [0.25, 0.3) is 0 Å². The lowest BCUT2D eigenvalue weighted by atomic mass is 10.0. The molecular formula is C22H26F3N3O. The number of unbranched alkanes of at least 4 members (excludes halogenated alkanes) is 1. The highest BCUT2D eigenvalue weighted by molar-refractivity contribution is 5.42. The van der Waals surface area contributed by atoms with Crippen molar-refractivity contribution >= 4 is 5.69 Å². The summed E-state index contributed by atoms with van der Waals surface area (Å²) in [5.41, 5.74) is 1.28. The second-order valence-corrected chi connectivity index (χ2v) is 6.66. The Morgan fingerprint density at radius 1 is 0.931 bits per heavy atom. The van der Waals surface area contributed by atoms with Gasteiger partial charge in [0, 0.05) is 25.4 Å². The number of alkyl halides is 3. The first kappa shape index (κ1) is 22.7. The van der Waals surface area contributed by atoms with Crippen molar-refractivity contribution in [1.29, 1.82) is 5.26 Å². The van der Waals surface area contributed by atoms with Crippen LogP contribution in [0.2, 0.25) is 0 Å². The van der Waals surface area contributed by atoms with Gasteiger partial charge in [-0.1, -0.05) is 24.3 Å². The monoisotopic (exact) mass is 405 g/mol. The van der Waals surface area contributed by atoms with E-state index in [1.807, 2.05) is 36.4 Å². The molecule has 29 heavy (non-hydrogen) atoms. The molecule has 0 aliphatic heterocycles. The lowest BCUT2D eigenvalue weighted by molar-refractivity contribution is -0.137. The fraction of sp³-hybridized carbons (Fsp3) is 0.409. The van der Waals surface area contributed by atoms with Crippen LogP contribution >= 0.6 is 0 Å². The minimum atomic E-state index is -4.41. The van der Waals surface area contributed by atoms with Gasteiger partial charge in [-0.2, -0.15) is 18.4 Å². The third kappa shape index (κ3) is 8.99. The summed E-state index contributed by atoms with van der Waals surface area (Å²) in [5, 5.41) is 15.2. The minimum absolute atomic E-state index is 0.0343. The van der Waals surface area contributed by atoms with Crippen LogP contribution in [0.15, 0.2) is 48.5 Å². The number of nitrogens with one attached hydrogen (secondary N) is 2. The van der Waals surface area contributed by atoms with Gasteiger partial charge in [0.2, 0.25) is 0 Å². The standard InChI is InChI=1S/C22H26F3N3O/c23-22(24,25)20-15-18(8-9-26)14-19(16-20)17-27-10-4-5-12-29-13-11-28-21-6-2-1-3-7-21/h1-3,6-7,14-16,27-28H,4-5,8,10-13,17H2. The molecule has 0 aliphatic rings. The van der Waals surface area contributed by atoms with Gasteiger partial charge in [-0.25, -0.2) is 0 Å². The molecule has 0 saturated carbocycles. The molecule has 0 saturated heterocycles. The summed E-state index contributed by atoms with van der Waals surface area (Å²) in [6, 6.07) is 15.6. The van der Waals surface area contributed by atoms with Crippen LogP contribution in [0.1, 0.15) is 29.5 Å². The number of para-hydroxylation sites is 1. The molecule has 0 heterocycles. The summed E-state index contributed by atoms with van der Waals surface area (Å²) < 4.78 is 44.5. The topological polar surface area (TPSA) is 57.1 Å². The largest absolute Gasteiger partial charge is 0.416 e. The SMILES string of the molecule is N#CCc1cc(CNCCCCOCCNc2ccccc2)cc(C(F)(F)F)c1. The van der Waals surface area contributed by atoms with Crippen molar-refractivity contribution in [3.63, 3.8) is 0 Å². The van der Waals surface area contributed by atoms with E-state index in [9.17, 15) is 13.2 Å². The van der Waals surface area contributed by atoms with Crippen molar-refractivity contribution in [3.05, 3.63) is 65.2 Å². The normalized spacial score (nSPS) is 11.2. The summed E-state index contributed by atoms with van der Waals surface area (Å²) in [4.78, 5) is 0. The molecule has 0 aliphatic carbocycles. The molecule has 0 amide bonds. The maximum Gasteiger partial charge on any atom is 0.416 e. The number of rotatable bonds is 12. The molecule has 4 nitrogen and oxygen atoms in total. The Bertz CT molecular complexity index is 773. The molecule has 0 spiro atoms. The van der Waals surface area contributed by atoms with Gasteiger partial charge in [0.1, 0.15) is 0 Å². The number of hydrogen-bond donors (Lipinski definition) is 2. The summed E-state index contributed by atoms with van der Waals surface area (Å²) in [6.45, 7) is 3.03. The lowest BCUT2D eigenvalue weighted by Gasteiger charge is -2.12. The molecule has 0 bridgehead atoms. The van der Waals surface area contributed by atoms with Crippen molar-refractivity contribution in [2.45, 2.75) is 32.0 Å². The van der Waals surface area contributed by atoms with Crippen molar-refractivity contribution in [2.75, 3.05) is 31.6 Å². The van der Waals surface area contributed by atoms with Crippen LogP contribution in [0.5, 0.6) is 0 Å². The van der Waals surface area contributed by atoms with Gasteiger partial charge in [0.05, 0.1) is 24.7 Å². The number of anilines is 1. The van der Waals surface area contributed by atoms with Gasteiger partial charge >= 0.3 is 6.18 Å². The van der Waals surface area contributed by atoms with Crippen molar-refractivity contribution in [3.8, 4) is 6.07 Å². The maximum atomic E-state index is 13.0. The first-order valence-electron chi connectivity index (χ1n) is 9.63. The van der Waals surface area contributed by atoms with E-state index in [-0.39, 0.29) is 6.42 Å². The van der Waals surface area contributed by atoms with Crippen molar-refractivity contribution in [2.24, 2.45) is 0 Å². The number of hydrogen-bond acceptors (Lipinski definition) is 4. The van der Waals surface area contributed by atoms with E-state index in [1.165, 1.54) is 0 Å². The van der Waals surface area contributed by atoms with E-state index in [4.69, 9.17) is 10.00 Å². The molecule has 0 radical (unpaired) electrons. The number of nitrogens with zero attached hydrogens (tertiary/aromatic N) is 1. The Labute approximate surface area is 169 Å². The van der Waals surface area contributed by atoms with E-state index in [1.54, 1.807) is 6.07 Å². The quantitative estimate of drug-likeness (QED) is 0.500. The fourth-order valence-corrected chi connectivity index (χ4v) is 2.83. The second kappa shape index (κ2) is 12.1. The predicted molar refractivity (Wildman–Crippen MR) is 107 cm³/mol. The van der Waals surface area contributed by atoms with Gasteiger partial charge in [0.15, 0.2) is 0 Å². The van der Waals surface area contributed by atoms with E-state index < -0.39 is 11.7 Å². The predicted octanol–water partition coefficient (Wildman–Crippen LogP) is 4.77. The first-order valence-corrected chi connectivity index (χ1v) is 9.63. The molecule has 2 aromatic carbocycles. The third-order valence-corrected chi connectivity index (χ3v) is 4.23. The zero-order valence-corrected chi connectivity index (χ0v) is 16.3. The zero-order chi connectivity index (χ0) is 21.0. The van der Waals surface area contributed by atoms with Crippen LogP contribution in [0.3, 0.4) is 0 Å². The van der Waals surface area contributed by atoms with Gasteiger partial charge in [-0.05, 0) is 54.8 Å². The number of ether oxygens (including phenoxy) is 1. The van der Waals surface area contributed by atoms with Crippen LogP contribution in [-0.4, -0.2) is 26.3 Å². The van der Waals surface area contributed by atoms with Gasteiger partial charge in [-0.3, -0.25) is 0 Å².